The number of hydrogen-bond acceptors (Lipinski definition) is 0. The zero-order valence-electron chi connectivity index (χ0n) is 12.1. The first kappa shape index (κ1) is 13.8. The van der Waals surface area contributed by atoms with Gasteiger partial charge in [-0.25, -0.2) is 0 Å². The largest absolute Gasteiger partial charge is 0.0999 e. The minimum absolute atomic E-state index is 0.468. The third-order valence-corrected chi connectivity index (χ3v) is 4.62. The lowest BCUT2D eigenvalue weighted by Gasteiger charge is -2.43. The molecule has 0 nitrogen and oxygen atoms in total. The van der Waals surface area contributed by atoms with Gasteiger partial charge in [-0.3, -0.25) is 0 Å². The maximum Gasteiger partial charge on any atom is -0.0175 e. The van der Waals surface area contributed by atoms with Gasteiger partial charge in [0.05, 0.1) is 0 Å². The average Bonchev–Trinajstić information content (AvgIpc) is 2.15. The van der Waals surface area contributed by atoms with E-state index in [-0.39, 0.29) is 0 Å². The predicted octanol–water partition coefficient (Wildman–Crippen LogP) is 5.30. The van der Waals surface area contributed by atoms with Crippen LogP contribution < -0.4 is 0 Å². The van der Waals surface area contributed by atoms with E-state index in [1.165, 1.54) is 24.8 Å². The van der Waals surface area contributed by atoms with E-state index in [1.807, 2.05) is 0 Å². The fraction of sp³-hybridized carbons (Fsp3) is 0.875. The maximum atomic E-state index is 4.23. The molecule has 1 aliphatic carbocycles. The molecule has 0 aromatic carbocycles. The van der Waals surface area contributed by atoms with E-state index >= 15 is 0 Å². The lowest BCUT2D eigenvalue weighted by Crippen LogP contribution is -2.34. The first-order chi connectivity index (χ1) is 7.23. The van der Waals surface area contributed by atoms with E-state index < -0.39 is 0 Å². The third-order valence-electron chi connectivity index (χ3n) is 4.62. The van der Waals surface area contributed by atoms with Crippen LogP contribution in [-0.2, 0) is 0 Å². The Labute approximate surface area is 103 Å². The zero-order valence-corrected chi connectivity index (χ0v) is 12.1. The molecule has 0 N–H and O–H groups in total. The van der Waals surface area contributed by atoms with Gasteiger partial charge in [-0.2, -0.15) is 0 Å². The summed E-state index contributed by atoms with van der Waals surface area (Å²) >= 11 is 0. The van der Waals surface area contributed by atoms with Crippen LogP contribution in [0.1, 0.15) is 60.8 Å². The van der Waals surface area contributed by atoms with E-state index in [0.29, 0.717) is 5.41 Å². The summed E-state index contributed by atoms with van der Waals surface area (Å²) in [6.07, 6.45) is 4.18. The number of allylic oxidation sites excluding steroid dienone is 1. The fourth-order valence-electron chi connectivity index (χ4n) is 3.35. The van der Waals surface area contributed by atoms with Crippen LogP contribution in [0.3, 0.4) is 0 Å². The van der Waals surface area contributed by atoms with Gasteiger partial charge in [0.25, 0.3) is 0 Å². The molecule has 94 valence electrons. The molecule has 0 heteroatoms. The average molecular weight is 222 g/mol. The van der Waals surface area contributed by atoms with Crippen LogP contribution >= 0.6 is 0 Å². The molecule has 0 amide bonds. The molecular weight excluding hydrogens is 192 g/mol. The minimum Gasteiger partial charge on any atom is -0.0999 e. The monoisotopic (exact) mass is 222 g/mol. The second-order valence-corrected chi connectivity index (χ2v) is 7.24. The van der Waals surface area contributed by atoms with Crippen molar-refractivity contribution in [3.63, 3.8) is 0 Å². The molecule has 0 bridgehead atoms. The molecule has 16 heavy (non-hydrogen) atoms. The summed E-state index contributed by atoms with van der Waals surface area (Å²) in [6.45, 7) is 18.4. The molecule has 0 aromatic heterocycles. The Morgan fingerprint density at radius 1 is 1.19 bits per heavy atom. The Morgan fingerprint density at radius 2 is 1.75 bits per heavy atom. The van der Waals surface area contributed by atoms with Gasteiger partial charge >= 0.3 is 0 Å². The summed E-state index contributed by atoms with van der Waals surface area (Å²) in [7, 11) is 0. The van der Waals surface area contributed by atoms with Gasteiger partial charge in [0, 0.05) is 0 Å². The zero-order chi connectivity index (χ0) is 12.5. The summed E-state index contributed by atoms with van der Waals surface area (Å²) < 4.78 is 0. The molecule has 3 atom stereocenters. The number of hydrogen-bond donors (Lipinski definition) is 0. The molecule has 1 fully saturated rings. The van der Waals surface area contributed by atoms with Crippen LogP contribution in [0.2, 0.25) is 0 Å². The Balaban J connectivity index is 2.77. The highest BCUT2D eigenvalue weighted by Crippen LogP contribution is 2.46. The maximum absolute atomic E-state index is 4.23. The Hall–Kier alpha value is -0.260. The molecule has 0 saturated heterocycles. The van der Waals surface area contributed by atoms with Gasteiger partial charge in [0.15, 0.2) is 0 Å². The van der Waals surface area contributed by atoms with Crippen LogP contribution in [0.5, 0.6) is 0 Å². The highest BCUT2D eigenvalue weighted by Gasteiger charge is 2.36. The molecule has 1 saturated carbocycles. The van der Waals surface area contributed by atoms with Crippen LogP contribution in [0.15, 0.2) is 12.2 Å². The van der Waals surface area contributed by atoms with Gasteiger partial charge in [-0.05, 0) is 55.3 Å². The van der Waals surface area contributed by atoms with Crippen molar-refractivity contribution in [2.75, 3.05) is 0 Å². The molecule has 1 rings (SSSR count). The summed E-state index contributed by atoms with van der Waals surface area (Å²) in [5.41, 5.74) is 1.88. The molecule has 3 unspecified atom stereocenters. The van der Waals surface area contributed by atoms with Gasteiger partial charge in [0.2, 0.25) is 0 Å². The Kier molecular flexibility index (Phi) is 4.26. The first-order valence-corrected chi connectivity index (χ1v) is 6.89. The highest BCUT2D eigenvalue weighted by molar-refractivity contribution is 5.03. The van der Waals surface area contributed by atoms with Crippen LogP contribution in [0.25, 0.3) is 0 Å². The van der Waals surface area contributed by atoms with E-state index in [2.05, 4.69) is 48.1 Å². The SMILES string of the molecule is C=C(C)C1CC(C(C)(C)C)CCC1C(C)C. The first-order valence-electron chi connectivity index (χ1n) is 6.89. The van der Waals surface area contributed by atoms with Gasteiger partial charge < -0.3 is 0 Å². The van der Waals surface area contributed by atoms with Crippen molar-refractivity contribution in [2.45, 2.75) is 60.8 Å². The van der Waals surface area contributed by atoms with Gasteiger partial charge in [0.1, 0.15) is 0 Å². The molecule has 1 aliphatic rings. The van der Waals surface area contributed by atoms with Crippen molar-refractivity contribution in [1.29, 1.82) is 0 Å². The van der Waals surface area contributed by atoms with Crippen molar-refractivity contribution in [3.05, 3.63) is 12.2 Å². The third kappa shape index (κ3) is 3.12. The van der Waals surface area contributed by atoms with E-state index in [9.17, 15) is 0 Å². The second-order valence-electron chi connectivity index (χ2n) is 7.24. The van der Waals surface area contributed by atoms with E-state index in [1.54, 1.807) is 0 Å². The second kappa shape index (κ2) is 4.94. The molecule has 0 heterocycles. The van der Waals surface area contributed by atoms with E-state index in [0.717, 1.165) is 23.7 Å². The summed E-state index contributed by atoms with van der Waals surface area (Å²) in [4.78, 5) is 0. The number of rotatable bonds is 2. The quantitative estimate of drug-likeness (QED) is 0.556. The van der Waals surface area contributed by atoms with Crippen molar-refractivity contribution in [1.82, 2.24) is 0 Å². The van der Waals surface area contributed by atoms with Crippen molar-refractivity contribution >= 4 is 0 Å². The molecule has 0 radical (unpaired) electrons. The Bertz CT molecular complexity index is 241. The van der Waals surface area contributed by atoms with Crippen molar-refractivity contribution in [3.8, 4) is 0 Å². The normalized spacial score (nSPS) is 31.8. The predicted molar refractivity (Wildman–Crippen MR) is 73.4 cm³/mol. The van der Waals surface area contributed by atoms with Crippen molar-refractivity contribution < 1.29 is 0 Å². The topological polar surface area (TPSA) is 0 Å². The van der Waals surface area contributed by atoms with Crippen molar-refractivity contribution in [2.24, 2.45) is 29.1 Å². The van der Waals surface area contributed by atoms with E-state index in [4.69, 9.17) is 0 Å². The highest BCUT2D eigenvalue weighted by atomic mass is 14.4. The van der Waals surface area contributed by atoms with Gasteiger partial charge in [-0.15, -0.1) is 0 Å². The molecule has 0 aliphatic heterocycles. The Morgan fingerprint density at radius 3 is 2.12 bits per heavy atom. The van der Waals surface area contributed by atoms with Crippen LogP contribution in [0.4, 0.5) is 0 Å². The van der Waals surface area contributed by atoms with Crippen LogP contribution in [-0.4, -0.2) is 0 Å². The smallest absolute Gasteiger partial charge is 0.0175 e. The van der Waals surface area contributed by atoms with Crippen LogP contribution in [0, 0.1) is 29.1 Å². The van der Waals surface area contributed by atoms with Gasteiger partial charge in [-0.1, -0.05) is 46.8 Å². The summed E-state index contributed by atoms with van der Waals surface area (Å²) in [5.74, 6) is 3.32. The lowest BCUT2D eigenvalue weighted by atomic mass is 9.62. The summed E-state index contributed by atoms with van der Waals surface area (Å²) in [5, 5.41) is 0. The molecule has 0 aromatic rings. The molecular formula is C16H30. The summed E-state index contributed by atoms with van der Waals surface area (Å²) in [6, 6.07) is 0. The lowest BCUT2D eigenvalue weighted by molar-refractivity contribution is 0.0929. The standard InChI is InChI=1S/C16H30/c1-11(2)14-9-8-13(16(5,6)7)10-15(14)12(3)4/h11,13-15H,3,8-10H2,1-2,4-7H3. The fourth-order valence-corrected chi connectivity index (χ4v) is 3.35. The molecule has 0 spiro atoms. The minimum atomic E-state index is 0.468.